The third kappa shape index (κ3) is 2.42. The molecule has 3 nitrogen and oxygen atoms in total. The summed E-state index contributed by atoms with van der Waals surface area (Å²) >= 11 is 0. The van der Waals surface area contributed by atoms with Crippen LogP contribution in [0.4, 0.5) is 0 Å². The fraction of sp³-hybridized carbons (Fsp3) is 1.00. The maximum atomic E-state index is 8.96. The van der Waals surface area contributed by atoms with Gasteiger partial charge in [0, 0.05) is 19.6 Å². The van der Waals surface area contributed by atoms with Crippen LogP contribution in [0.25, 0.3) is 0 Å². The van der Waals surface area contributed by atoms with E-state index in [1.807, 2.05) is 0 Å². The lowest BCUT2D eigenvalue weighted by Crippen LogP contribution is -2.44. The molecule has 2 rings (SSSR count). The van der Waals surface area contributed by atoms with Crippen LogP contribution in [-0.2, 0) is 4.74 Å². The molecule has 3 heteroatoms. The van der Waals surface area contributed by atoms with E-state index in [2.05, 4.69) is 11.8 Å². The van der Waals surface area contributed by atoms with Crippen molar-refractivity contribution < 1.29 is 9.84 Å². The summed E-state index contributed by atoms with van der Waals surface area (Å²) in [7, 11) is 0. The van der Waals surface area contributed by atoms with E-state index in [1.165, 1.54) is 13.0 Å². The zero-order valence-corrected chi connectivity index (χ0v) is 8.28. The van der Waals surface area contributed by atoms with Gasteiger partial charge >= 0.3 is 0 Å². The van der Waals surface area contributed by atoms with Crippen LogP contribution in [0.1, 0.15) is 13.3 Å². The standard InChI is InChI=1S/C10H19NO2/c1-8-4-9(8)5-11-2-3-13-10(6-11)7-12/h8-10,12H,2-7H2,1H3. The first kappa shape index (κ1) is 9.44. The first-order chi connectivity index (χ1) is 6.29. The predicted molar refractivity (Wildman–Crippen MR) is 50.5 cm³/mol. The molecule has 3 unspecified atom stereocenters. The lowest BCUT2D eigenvalue weighted by molar-refractivity contribution is -0.0539. The predicted octanol–water partition coefficient (Wildman–Crippen LogP) is 0.336. The molecule has 0 amide bonds. The molecule has 1 aliphatic carbocycles. The summed E-state index contributed by atoms with van der Waals surface area (Å²) in [6.45, 7) is 6.43. The van der Waals surface area contributed by atoms with Crippen LogP contribution in [0.15, 0.2) is 0 Å². The van der Waals surface area contributed by atoms with Crippen LogP contribution in [0.3, 0.4) is 0 Å². The molecule has 0 bridgehead atoms. The second kappa shape index (κ2) is 3.95. The molecule has 0 aromatic carbocycles. The van der Waals surface area contributed by atoms with Crippen LogP contribution in [0.5, 0.6) is 0 Å². The molecular weight excluding hydrogens is 166 g/mol. The summed E-state index contributed by atoms with van der Waals surface area (Å²) in [6, 6.07) is 0. The number of hydrogen-bond donors (Lipinski definition) is 1. The van der Waals surface area contributed by atoms with Crippen molar-refractivity contribution in [3.8, 4) is 0 Å². The molecule has 2 aliphatic rings. The number of rotatable bonds is 3. The third-order valence-corrected chi connectivity index (χ3v) is 3.20. The van der Waals surface area contributed by atoms with E-state index >= 15 is 0 Å². The van der Waals surface area contributed by atoms with Crippen molar-refractivity contribution in [3.05, 3.63) is 0 Å². The van der Waals surface area contributed by atoms with Gasteiger partial charge in [-0.3, -0.25) is 4.90 Å². The highest BCUT2D eigenvalue weighted by Gasteiger charge is 2.34. The van der Waals surface area contributed by atoms with Crippen molar-refractivity contribution in [2.45, 2.75) is 19.4 Å². The summed E-state index contributed by atoms with van der Waals surface area (Å²) < 4.78 is 5.39. The van der Waals surface area contributed by atoms with E-state index in [1.54, 1.807) is 0 Å². The summed E-state index contributed by atoms with van der Waals surface area (Å²) in [5.41, 5.74) is 0. The van der Waals surface area contributed by atoms with Gasteiger partial charge in [0.25, 0.3) is 0 Å². The molecule has 0 aromatic heterocycles. The van der Waals surface area contributed by atoms with Gasteiger partial charge in [-0.1, -0.05) is 6.92 Å². The van der Waals surface area contributed by atoms with Crippen molar-refractivity contribution in [3.63, 3.8) is 0 Å². The number of aliphatic hydroxyl groups is 1. The van der Waals surface area contributed by atoms with Gasteiger partial charge in [-0.15, -0.1) is 0 Å². The molecule has 1 saturated carbocycles. The second-order valence-corrected chi connectivity index (χ2v) is 4.41. The first-order valence-corrected chi connectivity index (χ1v) is 5.24. The highest BCUT2D eigenvalue weighted by Crippen LogP contribution is 2.38. The third-order valence-electron chi connectivity index (χ3n) is 3.20. The first-order valence-electron chi connectivity index (χ1n) is 5.24. The van der Waals surface area contributed by atoms with Crippen LogP contribution in [-0.4, -0.2) is 49.0 Å². The molecular formula is C10H19NO2. The van der Waals surface area contributed by atoms with Crippen LogP contribution in [0.2, 0.25) is 0 Å². The van der Waals surface area contributed by atoms with Gasteiger partial charge in [0.15, 0.2) is 0 Å². The molecule has 0 radical (unpaired) electrons. The minimum absolute atomic E-state index is 0.0582. The number of ether oxygens (including phenoxy) is 1. The van der Waals surface area contributed by atoms with Crippen LogP contribution >= 0.6 is 0 Å². The Morgan fingerprint density at radius 2 is 2.31 bits per heavy atom. The number of hydrogen-bond acceptors (Lipinski definition) is 3. The smallest absolute Gasteiger partial charge is 0.0932 e. The molecule has 1 saturated heterocycles. The van der Waals surface area contributed by atoms with Crippen molar-refractivity contribution in [1.29, 1.82) is 0 Å². The van der Waals surface area contributed by atoms with E-state index < -0.39 is 0 Å². The topological polar surface area (TPSA) is 32.7 Å². The fourth-order valence-electron chi connectivity index (χ4n) is 2.04. The molecule has 1 N–H and O–H groups in total. The van der Waals surface area contributed by atoms with E-state index in [0.29, 0.717) is 0 Å². The van der Waals surface area contributed by atoms with Gasteiger partial charge in [-0.05, 0) is 18.3 Å². The zero-order valence-electron chi connectivity index (χ0n) is 8.28. The highest BCUT2D eigenvalue weighted by molar-refractivity contribution is 4.86. The molecule has 0 spiro atoms. The zero-order chi connectivity index (χ0) is 9.26. The normalized spacial score (nSPS) is 40.6. The summed E-state index contributed by atoms with van der Waals surface area (Å²) in [5.74, 6) is 1.84. The van der Waals surface area contributed by atoms with E-state index in [4.69, 9.17) is 9.84 Å². The Hall–Kier alpha value is -0.120. The van der Waals surface area contributed by atoms with Gasteiger partial charge < -0.3 is 9.84 Å². The number of aliphatic hydroxyl groups excluding tert-OH is 1. The quantitative estimate of drug-likeness (QED) is 0.688. The lowest BCUT2D eigenvalue weighted by Gasteiger charge is -2.32. The SMILES string of the molecule is CC1CC1CN1CCOC(CO)C1. The Morgan fingerprint density at radius 3 is 2.92 bits per heavy atom. The average molecular weight is 185 g/mol. The monoisotopic (exact) mass is 185 g/mol. The minimum atomic E-state index is 0.0582. The summed E-state index contributed by atoms with van der Waals surface area (Å²) in [4.78, 5) is 2.43. The van der Waals surface area contributed by atoms with E-state index in [-0.39, 0.29) is 12.7 Å². The summed E-state index contributed by atoms with van der Waals surface area (Å²) in [5, 5.41) is 8.96. The van der Waals surface area contributed by atoms with E-state index in [0.717, 1.165) is 31.5 Å². The molecule has 1 aliphatic heterocycles. The lowest BCUT2D eigenvalue weighted by atomic mass is 10.2. The fourth-order valence-corrected chi connectivity index (χ4v) is 2.04. The Balaban J connectivity index is 1.72. The van der Waals surface area contributed by atoms with Crippen molar-refractivity contribution in [2.75, 3.05) is 32.8 Å². The number of morpholine rings is 1. The Morgan fingerprint density at radius 1 is 1.54 bits per heavy atom. The van der Waals surface area contributed by atoms with Gasteiger partial charge in [-0.25, -0.2) is 0 Å². The van der Waals surface area contributed by atoms with Crippen LogP contribution in [0, 0.1) is 11.8 Å². The Bertz CT molecular complexity index is 172. The van der Waals surface area contributed by atoms with Crippen LogP contribution < -0.4 is 0 Å². The second-order valence-electron chi connectivity index (χ2n) is 4.41. The Labute approximate surface area is 79.7 Å². The van der Waals surface area contributed by atoms with Gasteiger partial charge in [0.2, 0.25) is 0 Å². The molecule has 13 heavy (non-hydrogen) atoms. The maximum Gasteiger partial charge on any atom is 0.0932 e. The highest BCUT2D eigenvalue weighted by atomic mass is 16.5. The van der Waals surface area contributed by atoms with Crippen molar-refractivity contribution >= 4 is 0 Å². The largest absolute Gasteiger partial charge is 0.394 e. The van der Waals surface area contributed by atoms with Gasteiger partial charge in [-0.2, -0.15) is 0 Å². The molecule has 76 valence electrons. The summed E-state index contributed by atoms with van der Waals surface area (Å²) in [6.07, 6.45) is 1.45. The molecule has 3 atom stereocenters. The maximum absolute atomic E-state index is 8.96. The molecule has 1 heterocycles. The Kier molecular flexibility index (Phi) is 2.86. The van der Waals surface area contributed by atoms with Gasteiger partial charge in [0.1, 0.15) is 0 Å². The van der Waals surface area contributed by atoms with Crippen molar-refractivity contribution in [1.82, 2.24) is 4.90 Å². The number of nitrogens with zero attached hydrogens (tertiary/aromatic N) is 1. The molecule has 0 aromatic rings. The molecule has 2 fully saturated rings. The van der Waals surface area contributed by atoms with Gasteiger partial charge in [0.05, 0.1) is 19.3 Å². The average Bonchev–Trinajstić information content (AvgIpc) is 2.82. The minimum Gasteiger partial charge on any atom is -0.394 e. The van der Waals surface area contributed by atoms with Crippen molar-refractivity contribution in [2.24, 2.45) is 11.8 Å². The van der Waals surface area contributed by atoms with E-state index in [9.17, 15) is 0 Å².